The van der Waals surface area contributed by atoms with E-state index in [1.807, 2.05) is 71.9 Å². The van der Waals surface area contributed by atoms with Crippen molar-refractivity contribution in [3.63, 3.8) is 0 Å². The molecule has 0 radical (unpaired) electrons. The number of aryl methyl sites for hydroxylation is 6. The number of rotatable bonds is 5. The lowest BCUT2D eigenvalue weighted by atomic mass is 10.00. The Morgan fingerprint density at radius 2 is 1.10 bits per heavy atom. The van der Waals surface area contributed by atoms with Gasteiger partial charge >= 0.3 is 0 Å². The highest BCUT2D eigenvalue weighted by atomic mass is 31.2. The van der Waals surface area contributed by atoms with E-state index in [0.717, 1.165) is 38.9 Å². The minimum Gasteiger partial charge on any atom is -0.305 e. The molecular weight excluding hydrogens is 387 g/mol. The molecule has 0 N–H and O–H groups in total. The molecule has 0 aliphatic rings. The van der Waals surface area contributed by atoms with Crippen LogP contribution in [0, 0.1) is 41.5 Å². The van der Waals surface area contributed by atoms with Crippen LogP contribution in [0.15, 0.2) is 61.2 Å². The second kappa shape index (κ2) is 8.20. The Hall–Kier alpha value is -2.70. The van der Waals surface area contributed by atoms with E-state index in [4.69, 9.17) is 0 Å². The molecule has 0 spiro atoms. The van der Waals surface area contributed by atoms with Crippen molar-refractivity contribution in [3.05, 3.63) is 106 Å². The monoisotopic (exact) mass is 416 g/mol. The normalized spacial score (nSPS) is 13.0. The molecule has 0 aromatic heterocycles. The Morgan fingerprint density at radius 3 is 1.53 bits per heavy atom. The average molecular weight is 417 g/mol. The molecule has 2 nitrogen and oxygen atoms in total. The second-order valence-corrected chi connectivity index (χ2v) is 10.9. The number of hydrogen-bond donors (Lipinski definition) is 0. The van der Waals surface area contributed by atoms with Crippen LogP contribution in [0.4, 0.5) is 0 Å². The number of carbonyl (C=O) groups is 1. The van der Waals surface area contributed by atoms with E-state index in [0.29, 0.717) is 16.2 Å². The van der Waals surface area contributed by atoms with E-state index in [1.54, 1.807) is 12.1 Å². The van der Waals surface area contributed by atoms with E-state index in [2.05, 4.69) is 18.7 Å². The molecule has 3 heteroatoms. The number of benzene rings is 3. The molecule has 30 heavy (non-hydrogen) atoms. The third kappa shape index (κ3) is 3.73. The molecule has 0 aliphatic carbocycles. The lowest BCUT2D eigenvalue weighted by molar-refractivity contribution is 0.107. The summed E-state index contributed by atoms with van der Waals surface area (Å²) in [5.74, 6) is 0. The van der Waals surface area contributed by atoms with Crippen molar-refractivity contribution in [1.82, 2.24) is 0 Å². The van der Waals surface area contributed by atoms with Gasteiger partial charge in [0.05, 0.1) is 0 Å². The molecule has 0 amide bonds. The van der Waals surface area contributed by atoms with Gasteiger partial charge in [-0.2, -0.15) is 0 Å². The largest absolute Gasteiger partial charge is 0.305 e. The summed E-state index contributed by atoms with van der Waals surface area (Å²) in [6, 6.07) is 17.1. The van der Waals surface area contributed by atoms with Crippen LogP contribution in [0.25, 0.3) is 5.31 Å². The molecule has 0 saturated carbocycles. The summed E-state index contributed by atoms with van der Waals surface area (Å²) >= 11 is 0. The van der Waals surface area contributed by atoms with Gasteiger partial charge in [0.25, 0.3) is 0 Å². The lowest BCUT2D eigenvalue weighted by Crippen LogP contribution is -2.17. The minimum atomic E-state index is -3.67. The fourth-order valence-electron chi connectivity index (χ4n) is 4.50. The molecule has 0 aliphatic heterocycles. The maximum Gasteiger partial charge on any atom is 0.230 e. The highest BCUT2D eigenvalue weighted by molar-refractivity contribution is 7.95. The summed E-state index contributed by atoms with van der Waals surface area (Å²) in [4.78, 5) is 14.0. The van der Waals surface area contributed by atoms with Crippen LogP contribution in [-0.2, 0) is 4.57 Å². The van der Waals surface area contributed by atoms with Crippen LogP contribution in [0.2, 0.25) is 0 Å². The predicted molar refractivity (Wildman–Crippen MR) is 128 cm³/mol. The van der Waals surface area contributed by atoms with Crippen LogP contribution in [0.3, 0.4) is 0 Å². The maximum atomic E-state index is 14.7. The van der Waals surface area contributed by atoms with Crippen molar-refractivity contribution in [1.29, 1.82) is 0 Å². The summed E-state index contributed by atoms with van der Waals surface area (Å²) in [7, 11) is -3.67. The summed E-state index contributed by atoms with van der Waals surface area (Å²) < 4.78 is 14.7. The Kier molecular flexibility index (Phi) is 6.01. The zero-order valence-electron chi connectivity index (χ0n) is 18.7. The van der Waals surface area contributed by atoms with Crippen molar-refractivity contribution in [3.8, 4) is 0 Å². The van der Waals surface area contributed by atoms with E-state index < -0.39 is 7.14 Å². The first-order valence-electron chi connectivity index (χ1n) is 10.1. The molecule has 154 valence electrons. The fourth-order valence-corrected chi connectivity index (χ4v) is 7.22. The SMILES string of the molecule is C=C(c1c(C)cc(C)cc1C)P(=O)(C(=O)c1c(C)cc(C)cc1C)c1ccccc1. The maximum absolute atomic E-state index is 14.7. The Bertz CT molecular complexity index is 1080. The van der Waals surface area contributed by atoms with Gasteiger partial charge in [-0.05, 0) is 69.4 Å². The summed E-state index contributed by atoms with van der Waals surface area (Å²) in [6.45, 7) is 16.1. The molecule has 3 aromatic rings. The summed E-state index contributed by atoms with van der Waals surface area (Å²) in [5.41, 5.74) is 6.90. The molecule has 0 saturated heterocycles. The highest BCUT2D eigenvalue weighted by Crippen LogP contribution is 2.60. The topological polar surface area (TPSA) is 34.1 Å². The van der Waals surface area contributed by atoms with Crippen molar-refractivity contribution in [2.45, 2.75) is 41.5 Å². The van der Waals surface area contributed by atoms with Crippen LogP contribution in [0.5, 0.6) is 0 Å². The van der Waals surface area contributed by atoms with E-state index >= 15 is 0 Å². The van der Waals surface area contributed by atoms with Crippen molar-refractivity contribution in [2.24, 2.45) is 0 Å². The molecule has 0 heterocycles. The highest BCUT2D eigenvalue weighted by Gasteiger charge is 2.40. The van der Waals surface area contributed by atoms with Gasteiger partial charge in [-0.15, -0.1) is 0 Å². The zero-order chi connectivity index (χ0) is 22.2. The minimum absolute atomic E-state index is 0.340. The lowest BCUT2D eigenvalue weighted by Gasteiger charge is -2.24. The third-order valence-electron chi connectivity index (χ3n) is 5.64. The number of carbonyl (C=O) groups excluding carboxylic acids is 1. The fraction of sp³-hybridized carbons (Fsp3) is 0.222. The molecule has 3 aromatic carbocycles. The van der Waals surface area contributed by atoms with Gasteiger partial charge in [0, 0.05) is 16.2 Å². The van der Waals surface area contributed by atoms with Gasteiger partial charge in [0.2, 0.25) is 12.7 Å². The van der Waals surface area contributed by atoms with Crippen LogP contribution in [-0.4, -0.2) is 5.52 Å². The Balaban J connectivity index is 2.31. The van der Waals surface area contributed by atoms with Gasteiger partial charge in [-0.25, -0.2) is 0 Å². The molecule has 1 unspecified atom stereocenters. The van der Waals surface area contributed by atoms with Crippen LogP contribution < -0.4 is 5.30 Å². The van der Waals surface area contributed by atoms with E-state index in [9.17, 15) is 9.36 Å². The smallest absolute Gasteiger partial charge is 0.230 e. The second-order valence-electron chi connectivity index (χ2n) is 8.24. The van der Waals surface area contributed by atoms with Gasteiger partial charge in [-0.3, -0.25) is 4.79 Å². The standard InChI is InChI=1S/C27H29O2P/c1-17-13-19(3)25(20(4)14-17)23(7)30(29,24-11-9-8-10-12-24)27(28)26-21(5)15-18(2)16-22(26)6/h8-16H,7H2,1-6H3. The van der Waals surface area contributed by atoms with Crippen LogP contribution >= 0.6 is 7.14 Å². The van der Waals surface area contributed by atoms with E-state index in [1.165, 1.54) is 0 Å². The average Bonchev–Trinajstić information content (AvgIpc) is 2.66. The molecule has 0 bridgehead atoms. The van der Waals surface area contributed by atoms with Gasteiger partial charge in [0.1, 0.15) is 0 Å². The van der Waals surface area contributed by atoms with E-state index in [-0.39, 0.29) is 5.52 Å². The first-order chi connectivity index (χ1) is 14.1. The molecule has 0 fully saturated rings. The number of hydrogen-bond acceptors (Lipinski definition) is 2. The molecular formula is C27H29O2P. The zero-order valence-corrected chi connectivity index (χ0v) is 19.6. The van der Waals surface area contributed by atoms with Gasteiger partial charge in [0.15, 0.2) is 0 Å². The molecule has 3 rings (SSSR count). The first-order valence-corrected chi connectivity index (χ1v) is 11.8. The van der Waals surface area contributed by atoms with Gasteiger partial charge in [-0.1, -0.05) is 72.3 Å². The summed E-state index contributed by atoms with van der Waals surface area (Å²) in [5, 5.41) is 0.937. The van der Waals surface area contributed by atoms with Gasteiger partial charge < -0.3 is 4.57 Å². The predicted octanol–water partition coefficient (Wildman–Crippen LogP) is 7.04. The molecule has 1 atom stereocenters. The Labute approximate surface area is 180 Å². The summed E-state index contributed by atoms with van der Waals surface area (Å²) in [6.07, 6.45) is 0. The first kappa shape index (κ1) is 22.0. The Morgan fingerprint density at radius 1 is 0.700 bits per heavy atom. The van der Waals surface area contributed by atoms with Crippen molar-refractivity contribution in [2.75, 3.05) is 0 Å². The quantitative estimate of drug-likeness (QED) is 0.418. The van der Waals surface area contributed by atoms with Crippen molar-refractivity contribution >= 4 is 23.3 Å². The van der Waals surface area contributed by atoms with Crippen molar-refractivity contribution < 1.29 is 9.36 Å². The van der Waals surface area contributed by atoms with Crippen LogP contribution in [0.1, 0.15) is 49.3 Å². The third-order valence-corrected chi connectivity index (χ3v) is 8.45.